The van der Waals surface area contributed by atoms with Gasteiger partial charge in [0.2, 0.25) is 5.95 Å². The Morgan fingerprint density at radius 3 is 2.57 bits per heavy atom. The van der Waals surface area contributed by atoms with E-state index in [2.05, 4.69) is 32.8 Å². The molecule has 0 saturated heterocycles. The smallest absolute Gasteiger partial charge is 0.308 e. The Kier molecular flexibility index (Phi) is 9.51. The van der Waals surface area contributed by atoms with Crippen LogP contribution < -0.4 is 26.4 Å². The molecule has 3 aromatic rings. The van der Waals surface area contributed by atoms with Gasteiger partial charge in [-0.15, -0.1) is 0 Å². The van der Waals surface area contributed by atoms with Gasteiger partial charge in [-0.25, -0.2) is 15.0 Å². The maximum absolute atomic E-state index is 12.7. The second-order valence-corrected chi connectivity index (χ2v) is 8.86. The Labute approximate surface area is 217 Å². The molecule has 2 heterocycles. The number of hydrogen-bond acceptors (Lipinski definition) is 9. The lowest BCUT2D eigenvalue weighted by Gasteiger charge is -2.19. The van der Waals surface area contributed by atoms with Crippen molar-refractivity contribution in [2.75, 3.05) is 17.6 Å². The predicted molar refractivity (Wildman–Crippen MR) is 144 cm³/mol. The zero-order valence-corrected chi connectivity index (χ0v) is 22.0. The molecule has 0 saturated carbocycles. The number of benzene rings is 1. The highest BCUT2D eigenvalue weighted by molar-refractivity contribution is 5.95. The standard InChI is InChI=1S/C27H35N7O3/c1-6-19-13-31-27(34-25-11-16(3)10-17(4)32-25)33-23(19)15-29-21(7-2)14-30-26(36)20-8-9-22(28)24(12-20)37-18(5)35/h8-13,21,29H,6-7,14-15,28H2,1-5H3,(H,30,36)(H,31,32,33,34). The minimum absolute atomic E-state index is 0.0165. The first-order chi connectivity index (χ1) is 17.7. The zero-order valence-electron chi connectivity index (χ0n) is 22.0. The molecule has 1 aromatic carbocycles. The van der Waals surface area contributed by atoms with E-state index in [1.54, 1.807) is 12.1 Å². The van der Waals surface area contributed by atoms with Crippen molar-refractivity contribution in [2.24, 2.45) is 0 Å². The van der Waals surface area contributed by atoms with Crippen molar-refractivity contribution < 1.29 is 14.3 Å². The van der Waals surface area contributed by atoms with Gasteiger partial charge in [0.05, 0.1) is 11.4 Å². The third-order valence-corrected chi connectivity index (χ3v) is 5.76. The van der Waals surface area contributed by atoms with Gasteiger partial charge in [-0.3, -0.25) is 9.59 Å². The van der Waals surface area contributed by atoms with E-state index in [4.69, 9.17) is 15.5 Å². The number of nitrogens with zero attached hydrogens (tertiary/aromatic N) is 3. The summed E-state index contributed by atoms with van der Waals surface area (Å²) in [6.45, 7) is 10.3. The van der Waals surface area contributed by atoms with Gasteiger partial charge in [0.15, 0.2) is 5.75 Å². The van der Waals surface area contributed by atoms with Crippen LogP contribution in [0.5, 0.6) is 5.75 Å². The first-order valence-corrected chi connectivity index (χ1v) is 12.3. The quantitative estimate of drug-likeness (QED) is 0.174. The molecule has 2 aromatic heterocycles. The lowest BCUT2D eigenvalue weighted by atomic mass is 10.1. The highest BCUT2D eigenvalue weighted by Gasteiger charge is 2.14. The summed E-state index contributed by atoms with van der Waals surface area (Å²) in [7, 11) is 0. The summed E-state index contributed by atoms with van der Waals surface area (Å²) in [5, 5.41) is 9.62. The average Bonchev–Trinajstić information content (AvgIpc) is 2.84. The second-order valence-electron chi connectivity index (χ2n) is 8.86. The molecule has 1 amide bonds. The van der Waals surface area contributed by atoms with Crippen LogP contribution in [-0.2, 0) is 17.8 Å². The number of esters is 1. The van der Waals surface area contributed by atoms with E-state index in [9.17, 15) is 9.59 Å². The lowest BCUT2D eigenvalue weighted by molar-refractivity contribution is -0.131. The number of amides is 1. The number of rotatable bonds is 11. The Morgan fingerprint density at radius 2 is 1.89 bits per heavy atom. The number of aryl methyl sites for hydroxylation is 3. The molecule has 1 atom stereocenters. The molecule has 0 aliphatic heterocycles. The third kappa shape index (κ3) is 7.97. The molecule has 0 fully saturated rings. The SMILES string of the molecule is CCc1cnc(Nc2cc(C)cc(C)n2)nc1CNC(CC)CNC(=O)c1ccc(N)c(OC(C)=O)c1. The Hall–Kier alpha value is -4.05. The molecule has 37 heavy (non-hydrogen) atoms. The molecule has 3 rings (SSSR count). The topological polar surface area (TPSA) is 144 Å². The molecule has 10 nitrogen and oxygen atoms in total. The first-order valence-electron chi connectivity index (χ1n) is 12.3. The van der Waals surface area contributed by atoms with Gasteiger partial charge in [0, 0.05) is 43.5 Å². The minimum Gasteiger partial charge on any atom is -0.424 e. The third-order valence-electron chi connectivity index (χ3n) is 5.76. The van der Waals surface area contributed by atoms with Crippen LogP contribution in [0.2, 0.25) is 0 Å². The largest absolute Gasteiger partial charge is 0.424 e. The number of nitrogens with one attached hydrogen (secondary N) is 3. The fraction of sp³-hybridized carbons (Fsp3) is 0.370. The van der Waals surface area contributed by atoms with Crippen LogP contribution in [0.1, 0.15) is 60.1 Å². The van der Waals surface area contributed by atoms with Crippen molar-refractivity contribution in [3.05, 3.63) is 64.6 Å². The van der Waals surface area contributed by atoms with Gasteiger partial charge < -0.3 is 26.4 Å². The molecular weight excluding hydrogens is 470 g/mol. The van der Waals surface area contributed by atoms with Crippen molar-refractivity contribution in [1.82, 2.24) is 25.6 Å². The lowest BCUT2D eigenvalue weighted by Crippen LogP contribution is -2.40. The molecule has 10 heteroatoms. The number of carbonyl (C=O) groups excluding carboxylic acids is 2. The molecule has 0 aliphatic carbocycles. The minimum atomic E-state index is -0.501. The van der Waals surface area contributed by atoms with Crippen molar-refractivity contribution in [3.63, 3.8) is 0 Å². The van der Waals surface area contributed by atoms with E-state index in [1.165, 1.54) is 13.0 Å². The number of ether oxygens (including phenoxy) is 1. The van der Waals surface area contributed by atoms with Crippen LogP contribution in [0.25, 0.3) is 0 Å². The Morgan fingerprint density at radius 1 is 1.11 bits per heavy atom. The fourth-order valence-corrected chi connectivity index (χ4v) is 3.81. The van der Waals surface area contributed by atoms with Gasteiger partial charge in [-0.2, -0.15) is 0 Å². The van der Waals surface area contributed by atoms with Crippen LogP contribution in [0.4, 0.5) is 17.5 Å². The fourth-order valence-electron chi connectivity index (χ4n) is 3.81. The van der Waals surface area contributed by atoms with Crippen molar-refractivity contribution in [3.8, 4) is 5.75 Å². The van der Waals surface area contributed by atoms with Crippen LogP contribution >= 0.6 is 0 Å². The number of anilines is 3. The summed E-state index contributed by atoms with van der Waals surface area (Å²) in [6.07, 6.45) is 3.43. The molecule has 0 radical (unpaired) electrons. The number of nitrogens with two attached hydrogens (primary N) is 1. The molecular formula is C27H35N7O3. The van der Waals surface area contributed by atoms with Gasteiger partial charge in [-0.05, 0) is 68.1 Å². The van der Waals surface area contributed by atoms with Gasteiger partial charge in [-0.1, -0.05) is 13.8 Å². The highest BCUT2D eigenvalue weighted by Crippen LogP contribution is 2.23. The molecule has 1 unspecified atom stereocenters. The zero-order chi connectivity index (χ0) is 26.9. The van der Waals surface area contributed by atoms with Gasteiger partial charge >= 0.3 is 5.97 Å². The van der Waals surface area contributed by atoms with Crippen molar-refractivity contribution in [2.45, 2.75) is 60.0 Å². The highest BCUT2D eigenvalue weighted by atomic mass is 16.5. The molecule has 196 valence electrons. The van der Waals surface area contributed by atoms with E-state index < -0.39 is 5.97 Å². The number of nitrogen functional groups attached to an aromatic ring is 1. The van der Waals surface area contributed by atoms with Gasteiger partial charge in [0.1, 0.15) is 5.82 Å². The number of pyridine rings is 1. The van der Waals surface area contributed by atoms with Crippen LogP contribution in [0, 0.1) is 13.8 Å². The second kappa shape index (κ2) is 12.8. The van der Waals surface area contributed by atoms with Crippen LogP contribution in [-0.4, -0.2) is 39.4 Å². The maximum atomic E-state index is 12.7. The molecule has 0 aliphatic rings. The van der Waals surface area contributed by atoms with E-state index >= 15 is 0 Å². The summed E-state index contributed by atoms with van der Waals surface area (Å²) in [4.78, 5) is 37.6. The molecule has 0 bridgehead atoms. The molecule has 5 N–H and O–H groups in total. The summed E-state index contributed by atoms with van der Waals surface area (Å²) >= 11 is 0. The van der Waals surface area contributed by atoms with Crippen molar-refractivity contribution in [1.29, 1.82) is 0 Å². The van der Waals surface area contributed by atoms with Crippen LogP contribution in [0.15, 0.2) is 36.5 Å². The van der Waals surface area contributed by atoms with E-state index in [0.29, 0.717) is 36.1 Å². The Bertz CT molecular complexity index is 1240. The summed E-state index contributed by atoms with van der Waals surface area (Å²) in [5.74, 6) is 0.576. The Balaban J connectivity index is 1.63. The first kappa shape index (κ1) is 27.5. The predicted octanol–water partition coefficient (Wildman–Crippen LogP) is 3.60. The summed E-state index contributed by atoms with van der Waals surface area (Å²) in [6, 6.07) is 8.59. The number of carbonyl (C=O) groups is 2. The average molecular weight is 506 g/mol. The van der Waals surface area contributed by atoms with Gasteiger partial charge in [0.25, 0.3) is 5.91 Å². The molecule has 0 spiro atoms. The number of aromatic nitrogens is 3. The summed E-state index contributed by atoms with van der Waals surface area (Å²) in [5.41, 5.74) is 10.4. The van der Waals surface area contributed by atoms with Crippen LogP contribution in [0.3, 0.4) is 0 Å². The van der Waals surface area contributed by atoms with E-state index in [1.807, 2.05) is 39.1 Å². The normalized spacial score (nSPS) is 11.6. The summed E-state index contributed by atoms with van der Waals surface area (Å²) < 4.78 is 5.07. The monoisotopic (exact) mass is 505 g/mol. The maximum Gasteiger partial charge on any atom is 0.308 e. The van der Waals surface area contributed by atoms with E-state index in [-0.39, 0.29) is 17.7 Å². The van der Waals surface area contributed by atoms with Crippen molar-refractivity contribution >= 4 is 29.3 Å². The van der Waals surface area contributed by atoms with E-state index in [0.717, 1.165) is 35.4 Å². The number of hydrogen-bond donors (Lipinski definition) is 4.